The van der Waals surface area contributed by atoms with Crippen LogP contribution in [-0.2, 0) is 27.3 Å². The second-order valence-electron chi connectivity index (χ2n) is 9.60. The van der Waals surface area contributed by atoms with Crippen molar-refractivity contribution in [1.82, 2.24) is 30.4 Å². The highest BCUT2D eigenvalue weighted by Gasteiger charge is 2.37. The number of amides is 4. The van der Waals surface area contributed by atoms with Crippen molar-refractivity contribution in [2.75, 3.05) is 33.0 Å². The van der Waals surface area contributed by atoms with Gasteiger partial charge in [0.25, 0.3) is 5.91 Å². The molecule has 3 N–H and O–H groups in total. The maximum absolute atomic E-state index is 13.1. The number of carbonyl (C=O) groups excluding carboxylic acids is 4. The Morgan fingerprint density at radius 1 is 1.11 bits per heavy atom. The summed E-state index contributed by atoms with van der Waals surface area (Å²) in [7, 11) is 5.39. The number of nitrogens with zero attached hydrogens (tertiary/aromatic N) is 4. The molecule has 2 aromatic rings. The van der Waals surface area contributed by atoms with E-state index in [1.165, 1.54) is 28.5 Å². The van der Waals surface area contributed by atoms with E-state index in [0.29, 0.717) is 29.3 Å². The zero-order chi connectivity index (χ0) is 26.7. The van der Waals surface area contributed by atoms with Crippen LogP contribution in [-0.4, -0.2) is 83.2 Å². The van der Waals surface area contributed by atoms with Gasteiger partial charge >= 0.3 is 11.8 Å². The summed E-state index contributed by atoms with van der Waals surface area (Å²) in [4.78, 5) is 64.3. The Hall–Kier alpha value is -3.09. The summed E-state index contributed by atoms with van der Waals surface area (Å²) in [6.45, 7) is 1.65. The number of rotatable bonds is 5. The molecule has 11 nitrogen and oxygen atoms in total. The Morgan fingerprint density at radius 3 is 2.59 bits per heavy atom. The summed E-state index contributed by atoms with van der Waals surface area (Å²) in [6, 6.07) is 1.94. The van der Waals surface area contributed by atoms with Crippen molar-refractivity contribution in [3.63, 3.8) is 0 Å². The summed E-state index contributed by atoms with van der Waals surface area (Å²) >= 11 is 7.19. The molecule has 198 valence electrons. The molecule has 1 fully saturated rings. The number of aromatic nitrogens is 2. The third kappa shape index (κ3) is 6.62. The first-order chi connectivity index (χ1) is 17.6. The van der Waals surface area contributed by atoms with Gasteiger partial charge < -0.3 is 25.8 Å². The minimum Gasteiger partial charge on any atom is -0.349 e. The molecule has 13 heteroatoms. The number of pyridine rings is 1. The molecular formula is C24H30ClN7O4S. The van der Waals surface area contributed by atoms with Gasteiger partial charge in [-0.1, -0.05) is 11.6 Å². The SMILES string of the molecule is CN1CCc2nc(C(=O)N[C@@H]3CC[C@@H](C(=O)N(C)C)C[C@@H]3NC(=O)C(=O)Nc3ccc(Cl)cn3)sc2C1. The van der Waals surface area contributed by atoms with Crippen LogP contribution in [0.15, 0.2) is 18.3 Å². The molecular weight excluding hydrogens is 518 g/mol. The third-order valence-electron chi connectivity index (χ3n) is 6.56. The van der Waals surface area contributed by atoms with Crippen LogP contribution >= 0.6 is 22.9 Å². The lowest BCUT2D eigenvalue weighted by Gasteiger charge is -2.37. The standard InChI is InChI=1S/C24H30ClN7O4S/c1-31(2)24(36)13-4-6-15(27-22(35)23-29-16-8-9-32(3)12-18(16)37-23)17(10-13)28-20(33)21(34)30-19-7-5-14(25)11-26-19/h5,7,11,13,15,17H,4,6,8-10,12H2,1-3H3,(H,27,35)(H,28,33)(H,26,30,34)/t13-,15-,17+/m1/s1. The maximum atomic E-state index is 13.1. The number of anilines is 1. The molecule has 37 heavy (non-hydrogen) atoms. The molecule has 0 bridgehead atoms. The Balaban J connectivity index is 1.45. The van der Waals surface area contributed by atoms with E-state index in [2.05, 4.69) is 30.8 Å². The van der Waals surface area contributed by atoms with Crippen LogP contribution < -0.4 is 16.0 Å². The van der Waals surface area contributed by atoms with Crippen molar-refractivity contribution in [3.05, 3.63) is 38.9 Å². The van der Waals surface area contributed by atoms with Crippen molar-refractivity contribution in [3.8, 4) is 0 Å². The number of likely N-dealkylation sites (N-methyl/N-ethyl adjacent to an activating group) is 1. The van der Waals surface area contributed by atoms with Gasteiger partial charge in [0.15, 0.2) is 5.01 Å². The molecule has 4 rings (SSSR count). The Morgan fingerprint density at radius 2 is 1.89 bits per heavy atom. The predicted octanol–water partition coefficient (Wildman–Crippen LogP) is 1.29. The van der Waals surface area contributed by atoms with Crippen molar-refractivity contribution in [2.24, 2.45) is 5.92 Å². The van der Waals surface area contributed by atoms with Crippen LogP contribution in [0.3, 0.4) is 0 Å². The molecule has 2 aromatic heterocycles. The van der Waals surface area contributed by atoms with Gasteiger partial charge in [0.05, 0.1) is 16.8 Å². The Bertz CT molecular complexity index is 1190. The molecule has 0 saturated heterocycles. The van der Waals surface area contributed by atoms with Crippen LogP contribution in [0.5, 0.6) is 0 Å². The fourth-order valence-electron chi connectivity index (χ4n) is 4.60. The molecule has 0 radical (unpaired) electrons. The van der Waals surface area contributed by atoms with E-state index in [4.69, 9.17) is 11.6 Å². The molecule has 3 atom stereocenters. The molecule has 1 aliphatic heterocycles. The van der Waals surface area contributed by atoms with Gasteiger partial charge in [0.2, 0.25) is 5.91 Å². The van der Waals surface area contributed by atoms with Gasteiger partial charge in [-0.15, -0.1) is 11.3 Å². The predicted molar refractivity (Wildman–Crippen MR) is 139 cm³/mol. The Kier molecular flexibility index (Phi) is 8.40. The summed E-state index contributed by atoms with van der Waals surface area (Å²) in [5.74, 6) is -2.33. The minimum atomic E-state index is -0.905. The number of fused-ring (bicyclic) bond motifs is 1. The summed E-state index contributed by atoms with van der Waals surface area (Å²) < 4.78 is 0. The number of thiazole rings is 1. The highest BCUT2D eigenvalue weighted by molar-refractivity contribution is 7.13. The normalized spacial score (nSPS) is 21.5. The van der Waals surface area contributed by atoms with Crippen LogP contribution in [0.2, 0.25) is 5.02 Å². The van der Waals surface area contributed by atoms with Gasteiger partial charge in [-0.05, 0) is 38.4 Å². The van der Waals surface area contributed by atoms with Crippen LogP contribution in [0.25, 0.3) is 0 Å². The number of nitrogens with one attached hydrogen (secondary N) is 3. The van der Waals surface area contributed by atoms with E-state index in [9.17, 15) is 19.2 Å². The van der Waals surface area contributed by atoms with Crippen LogP contribution in [0.1, 0.15) is 39.6 Å². The smallest absolute Gasteiger partial charge is 0.314 e. The van der Waals surface area contributed by atoms with E-state index in [0.717, 1.165) is 30.1 Å². The monoisotopic (exact) mass is 547 g/mol. The average Bonchev–Trinajstić information content (AvgIpc) is 3.29. The summed E-state index contributed by atoms with van der Waals surface area (Å²) in [5.41, 5.74) is 0.950. The lowest BCUT2D eigenvalue weighted by molar-refractivity contribution is -0.138. The first kappa shape index (κ1) is 27.0. The van der Waals surface area contributed by atoms with E-state index < -0.39 is 23.9 Å². The quantitative estimate of drug-likeness (QED) is 0.480. The average molecular weight is 548 g/mol. The summed E-state index contributed by atoms with van der Waals surface area (Å²) in [6.07, 6.45) is 3.46. The van der Waals surface area contributed by atoms with Crippen molar-refractivity contribution in [2.45, 2.75) is 44.3 Å². The molecule has 1 aliphatic carbocycles. The fraction of sp³-hybridized carbons (Fsp3) is 0.500. The number of carbonyl (C=O) groups is 4. The van der Waals surface area contributed by atoms with Gasteiger partial charge in [-0.25, -0.2) is 9.97 Å². The largest absolute Gasteiger partial charge is 0.349 e. The highest BCUT2D eigenvalue weighted by atomic mass is 35.5. The van der Waals surface area contributed by atoms with Gasteiger partial charge in [0.1, 0.15) is 5.82 Å². The number of hydrogen-bond acceptors (Lipinski definition) is 8. The molecule has 0 unspecified atom stereocenters. The number of hydrogen-bond donors (Lipinski definition) is 3. The maximum Gasteiger partial charge on any atom is 0.314 e. The molecule has 0 spiro atoms. The molecule has 2 aliphatic rings. The third-order valence-corrected chi connectivity index (χ3v) is 7.87. The first-order valence-corrected chi connectivity index (χ1v) is 13.2. The molecule has 3 heterocycles. The van der Waals surface area contributed by atoms with E-state index >= 15 is 0 Å². The zero-order valence-electron chi connectivity index (χ0n) is 20.9. The fourth-order valence-corrected chi connectivity index (χ4v) is 5.80. The topological polar surface area (TPSA) is 137 Å². The first-order valence-electron chi connectivity index (χ1n) is 12.0. The van der Waals surface area contributed by atoms with Crippen molar-refractivity contribution < 1.29 is 19.2 Å². The summed E-state index contributed by atoms with van der Waals surface area (Å²) in [5, 5.41) is 8.92. The van der Waals surface area contributed by atoms with Gasteiger partial charge in [-0.3, -0.25) is 19.2 Å². The lowest BCUT2D eigenvalue weighted by Crippen LogP contribution is -2.57. The lowest BCUT2D eigenvalue weighted by atomic mass is 9.81. The van der Waals surface area contributed by atoms with E-state index in [-0.39, 0.29) is 23.6 Å². The van der Waals surface area contributed by atoms with Crippen LogP contribution in [0.4, 0.5) is 5.82 Å². The zero-order valence-corrected chi connectivity index (χ0v) is 22.5. The Labute approximate surface area is 224 Å². The van der Waals surface area contributed by atoms with Crippen molar-refractivity contribution >= 4 is 52.4 Å². The second-order valence-corrected chi connectivity index (χ2v) is 11.1. The van der Waals surface area contributed by atoms with E-state index in [1.807, 2.05) is 7.05 Å². The molecule has 0 aromatic carbocycles. The van der Waals surface area contributed by atoms with Gasteiger partial charge in [-0.2, -0.15) is 0 Å². The highest BCUT2D eigenvalue weighted by Crippen LogP contribution is 2.28. The van der Waals surface area contributed by atoms with Crippen LogP contribution in [0, 0.1) is 5.92 Å². The van der Waals surface area contributed by atoms with E-state index in [1.54, 1.807) is 20.2 Å². The second kappa shape index (κ2) is 11.5. The molecule has 1 saturated carbocycles. The van der Waals surface area contributed by atoms with Gasteiger partial charge in [0, 0.05) is 56.6 Å². The molecule has 4 amide bonds. The number of halogens is 1. The minimum absolute atomic E-state index is 0.0597. The van der Waals surface area contributed by atoms with Crippen molar-refractivity contribution in [1.29, 1.82) is 0 Å².